The molecule has 0 aliphatic heterocycles. The zero-order valence-corrected chi connectivity index (χ0v) is 44.8. The highest BCUT2D eigenvalue weighted by Crippen LogP contribution is 2.19. The van der Waals surface area contributed by atoms with Crippen molar-refractivity contribution < 1.29 is 28.6 Å². The van der Waals surface area contributed by atoms with Crippen molar-refractivity contribution in [2.24, 2.45) is 17.8 Å². The third-order valence-corrected chi connectivity index (χ3v) is 14.1. The van der Waals surface area contributed by atoms with Crippen molar-refractivity contribution in [3.05, 3.63) is 0 Å². The van der Waals surface area contributed by atoms with Gasteiger partial charge in [0.05, 0.1) is 0 Å². The first-order valence-corrected chi connectivity index (χ1v) is 29.2. The molecule has 0 aromatic carbocycles. The van der Waals surface area contributed by atoms with Crippen LogP contribution in [0.3, 0.4) is 0 Å². The molecular weight excluding hydrogens is 805 g/mol. The summed E-state index contributed by atoms with van der Waals surface area (Å²) in [5.41, 5.74) is 0. The molecule has 6 heteroatoms. The highest BCUT2D eigenvalue weighted by Gasteiger charge is 2.19. The van der Waals surface area contributed by atoms with Gasteiger partial charge in [-0.15, -0.1) is 0 Å². The molecule has 0 aliphatic carbocycles. The number of carbonyl (C=O) groups excluding carboxylic acids is 3. The number of hydrogen-bond donors (Lipinski definition) is 0. The van der Waals surface area contributed by atoms with E-state index >= 15 is 0 Å². The topological polar surface area (TPSA) is 78.9 Å². The van der Waals surface area contributed by atoms with Gasteiger partial charge in [0.1, 0.15) is 13.2 Å². The van der Waals surface area contributed by atoms with Crippen molar-refractivity contribution in [2.45, 2.75) is 330 Å². The molecule has 3 atom stereocenters. The summed E-state index contributed by atoms with van der Waals surface area (Å²) in [6.07, 6.45) is 52.4. The van der Waals surface area contributed by atoms with E-state index in [4.69, 9.17) is 14.2 Å². The number of hydrogen-bond acceptors (Lipinski definition) is 6. The minimum atomic E-state index is -0.764. The van der Waals surface area contributed by atoms with Crippen LogP contribution in [0.25, 0.3) is 0 Å². The SMILES string of the molecule is CCC(C)CCCCCCCCCCCCCCCCCCCCC(=O)OC[C@@H](COC(=O)CCCCCCCCC(C)CC)OC(=O)CCCCCCCCCCCCCCC(C)C. The van der Waals surface area contributed by atoms with Crippen molar-refractivity contribution in [1.29, 1.82) is 0 Å². The highest BCUT2D eigenvalue weighted by molar-refractivity contribution is 5.71. The fourth-order valence-corrected chi connectivity index (χ4v) is 8.93. The molecule has 0 amide bonds. The summed E-state index contributed by atoms with van der Waals surface area (Å²) in [7, 11) is 0. The van der Waals surface area contributed by atoms with E-state index in [9.17, 15) is 14.4 Å². The molecule has 65 heavy (non-hydrogen) atoms. The summed E-state index contributed by atoms with van der Waals surface area (Å²) in [5.74, 6) is 1.71. The van der Waals surface area contributed by atoms with E-state index in [1.165, 1.54) is 205 Å². The molecule has 0 rings (SSSR count). The van der Waals surface area contributed by atoms with E-state index in [0.717, 1.165) is 75.5 Å². The lowest BCUT2D eigenvalue weighted by atomic mass is 9.99. The molecule has 0 spiro atoms. The normalized spacial score (nSPS) is 13.0. The maximum atomic E-state index is 12.8. The first-order valence-electron chi connectivity index (χ1n) is 29.2. The van der Waals surface area contributed by atoms with Gasteiger partial charge in [0.15, 0.2) is 6.10 Å². The molecule has 386 valence electrons. The zero-order chi connectivity index (χ0) is 47.7. The molecule has 0 aromatic rings. The summed E-state index contributed by atoms with van der Waals surface area (Å²) in [6, 6.07) is 0. The summed E-state index contributed by atoms with van der Waals surface area (Å²) in [5, 5.41) is 0. The molecule has 0 aliphatic rings. The van der Waals surface area contributed by atoms with Gasteiger partial charge in [0.2, 0.25) is 0 Å². The molecule has 2 unspecified atom stereocenters. The molecule has 0 bridgehead atoms. The van der Waals surface area contributed by atoms with Crippen LogP contribution in [0.15, 0.2) is 0 Å². The van der Waals surface area contributed by atoms with Crippen LogP contribution in [-0.2, 0) is 28.6 Å². The van der Waals surface area contributed by atoms with Gasteiger partial charge in [-0.2, -0.15) is 0 Å². The van der Waals surface area contributed by atoms with Gasteiger partial charge in [-0.25, -0.2) is 0 Å². The number of ether oxygens (including phenoxy) is 3. The second kappa shape index (κ2) is 50.3. The largest absolute Gasteiger partial charge is 0.462 e. The second-order valence-corrected chi connectivity index (χ2v) is 21.2. The van der Waals surface area contributed by atoms with E-state index < -0.39 is 6.10 Å². The number of unbranched alkanes of at least 4 members (excludes halogenated alkanes) is 33. The summed E-state index contributed by atoms with van der Waals surface area (Å²) in [4.78, 5) is 38.1. The van der Waals surface area contributed by atoms with Gasteiger partial charge in [0.25, 0.3) is 0 Å². The van der Waals surface area contributed by atoms with Gasteiger partial charge in [-0.3, -0.25) is 14.4 Å². The Labute approximate surface area is 406 Å². The Kier molecular flexibility index (Phi) is 49.1. The van der Waals surface area contributed by atoms with E-state index in [-0.39, 0.29) is 31.1 Å². The predicted octanol–water partition coefficient (Wildman–Crippen LogP) is 19.1. The molecule has 0 fully saturated rings. The zero-order valence-electron chi connectivity index (χ0n) is 44.8. The lowest BCUT2D eigenvalue weighted by Gasteiger charge is -2.18. The first kappa shape index (κ1) is 63.4. The standard InChI is InChI=1S/C59H114O6/c1-7-54(5)46-40-34-28-24-20-15-13-11-9-10-12-14-16-21-25-29-36-42-48-57(60)63-51-56(52-64-58(61)49-43-37-32-31-35-41-47-55(6)8-2)65-59(62)50-44-38-30-26-22-18-17-19-23-27-33-39-45-53(3)4/h53-56H,7-52H2,1-6H3/t54?,55?,56-/m0/s1. The van der Waals surface area contributed by atoms with Crippen LogP contribution >= 0.6 is 0 Å². The molecule has 6 nitrogen and oxygen atoms in total. The maximum absolute atomic E-state index is 12.8. The van der Waals surface area contributed by atoms with Crippen molar-refractivity contribution in [1.82, 2.24) is 0 Å². The van der Waals surface area contributed by atoms with Crippen LogP contribution in [0.4, 0.5) is 0 Å². The van der Waals surface area contributed by atoms with Crippen LogP contribution in [0.1, 0.15) is 324 Å². The quantitative estimate of drug-likeness (QED) is 0.0344. The van der Waals surface area contributed by atoms with Crippen LogP contribution in [0.2, 0.25) is 0 Å². The number of rotatable bonds is 52. The molecule has 0 aromatic heterocycles. The Balaban J connectivity index is 4.21. The van der Waals surface area contributed by atoms with E-state index in [1.807, 2.05) is 0 Å². The van der Waals surface area contributed by atoms with Crippen LogP contribution < -0.4 is 0 Å². The molecular formula is C59H114O6. The van der Waals surface area contributed by atoms with Gasteiger partial charge >= 0.3 is 17.9 Å². The van der Waals surface area contributed by atoms with Gasteiger partial charge in [-0.05, 0) is 37.0 Å². The third kappa shape index (κ3) is 50.1. The lowest BCUT2D eigenvalue weighted by Crippen LogP contribution is -2.30. The Bertz CT molecular complexity index is 1010. The van der Waals surface area contributed by atoms with Crippen molar-refractivity contribution in [3.8, 4) is 0 Å². The fourth-order valence-electron chi connectivity index (χ4n) is 8.93. The molecule has 0 N–H and O–H groups in total. The molecule has 0 saturated heterocycles. The fraction of sp³-hybridized carbons (Fsp3) is 0.949. The second-order valence-electron chi connectivity index (χ2n) is 21.2. The average molecular weight is 920 g/mol. The van der Waals surface area contributed by atoms with E-state index in [2.05, 4.69) is 41.5 Å². The minimum Gasteiger partial charge on any atom is -0.462 e. The summed E-state index contributed by atoms with van der Waals surface area (Å²) < 4.78 is 16.9. The predicted molar refractivity (Wildman–Crippen MR) is 279 cm³/mol. The lowest BCUT2D eigenvalue weighted by molar-refractivity contribution is -0.167. The van der Waals surface area contributed by atoms with E-state index in [1.54, 1.807) is 0 Å². The Morgan fingerprint density at radius 2 is 0.538 bits per heavy atom. The van der Waals surface area contributed by atoms with Crippen LogP contribution in [0, 0.1) is 17.8 Å². The van der Waals surface area contributed by atoms with Crippen molar-refractivity contribution >= 4 is 17.9 Å². The monoisotopic (exact) mass is 919 g/mol. The number of carbonyl (C=O) groups is 3. The smallest absolute Gasteiger partial charge is 0.306 e. The number of esters is 3. The average Bonchev–Trinajstić information content (AvgIpc) is 3.29. The van der Waals surface area contributed by atoms with Gasteiger partial charge in [-0.1, -0.05) is 286 Å². The molecule has 0 radical (unpaired) electrons. The minimum absolute atomic E-state index is 0.0643. The van der Waals surface area contributed by atoms with Crippen molar-refractivity contribution in [2.75, 3.05) is 13.2 Å². The van der Waals surface area contributed by atoms with Gasteiger partial charge in [0, 0.05) is 19.3 Å². The van der Waals surface area contributed by atoms with Crippen molar-refractivity contribution in [3.63, 3.8) is 0 Å². The van der Waals surface area contributed by atoms with Crippen LogP contribution in [0.5, 0.6) is 0 Å². The Hall–Kier alpha value is -1.59. The van der Waals surface area contributed by atoms with Crippen LogP contribution in [-0.4, -0.2) is 37.2 Å². The van der Waals surface area contributed by atoms with Gasteiger partial charge < -0.3 is 14.2 Å². The first-order chi connectivity index (χ1) is 31.7. The molecule has 0 heterocycles. The summed E-state index contributed by atoms with van der Waals surface area (Å²) in [6.45, 7) is 13.8. The molecule has 0 saturated carbocycles. The summed E-state index contributed by atoms with van der Waals surface area (Å²) >= 11 is 0. The highest BCUT2D eigenvalue weighted by atomic mass is 16.6. The Morgan fingerprint density at radius 3 is 0.800 bits per heavy atom. The third-order valence-electron chi connectivity index (χ3n) is 14.1. The maximum Gasteiger partial charge on any atom is 0.306 e. The Morgan fingerprint density at radius 1 is 0.308 bits per heavy atom. The van der Waals surface area contributed by atoms with E-state index in [0.29, 0.717) is 19.3 Å².